The van der Waals surface area contributed by atoms with Crippen molar-refractivity contribution in [3.8, 4) is 0 Å². The molecule has 0 aliphatic heterocycles. The van der Waals surface area contributed by atoms with E-state index in [0.29, 0.717) is 24.5 Å². The van der Waals surface area contributed by atoms with E-state index in [0.717, 1.165) is 13.0 Å². The number of nitrogens with two attached hydrogens (primary N) is 1. The summed E-state index contributed by atoms with van der Waals surface area (Å²) in [5.74, 6) is -0.0858. The first-order chi connectivity index (χ1) is 7.63. The predicted molar refractivity (Wildman–Crippen MR) is 64.2 cm³/mol. The SMILES string of the molecule is CCCn1cc(N)c(C(=O)N(CC)CC)n1. The normalized spacial score (nSPS) is 10.4. The number of carbonyl (C=O) groups excluding carboxylic acids is 1. The smallest absolute Gasteiger partial charge is 0.276 e. The van der Waals surface area contributed by atoms with Gasteiger partial charge in [-0.3, -0.25) is 9.48 Å². The molecule has 0 aromatic carbocycles. The van der Waals surface area contributed by atoms with Crippen LogP contribution >= 0.6 is 0 Å². The Morgan fingerprint density at radius 1 is 1.44 bits per heavy atom. The van der Waals surface area contributed by atoms with Crippen LogP contribution in [0.2, 0.25) is 0 Å². The number of hydrogen-bond acceptors (Lipinski definition) is 3. The molecule has 0 fully saturated rings. The minimum Gasteiger partial charge on any atom is -0.396 e. The molecule has 0 bridgehead atoms. The first-order valence-corrected chi connectivity index (χ1v) is 5.76. The van der Waals surface area contributed by atoms with Crippen LogP contribution in [0.15, 0.2) is 6.20 Å². The fraction of sp³-hybridized carbons (Fsp3) is 0.636. The Kier molecular flexibility index (Phi) is 4.34. The molecule has 0 aliphatic carbocycles. The van der Waals surface area contributed by atoms with Crippen molar-refractivity contribution in [3.63, 3.8) is 0 Å². The maximum atomic E-state index is 12.0. The summed E-state index contributed by atoms with van der Waals surface area (Å²) in [6, 6.07) is 0. The van der Waals surface area contributed by atoms with Gasteiger partial charge in [0.15, 0.2) is 5.69 Å². The van der Waals surface area contributed by atoms with E-state index < -0.39 is 0 Å². The highest BCUT2D eigenvalue weighted by Crippen LogP contribution is 2.12. The van der Waals surface area contributed by atoms with Gasteiger partial charge in [0, 0.05) is 25.8 Å². The fourth-order valence-electron chi connectivity index (χ4n) is 1.61. The number of nitrogens with zero attached hydrogens (tertiary/aromatic N) is 3. The van der Waals surface area contributed by atoms with Gasteiger partial charge in [0.25, 0.3) is 5.91 Å². The second-order valence-electron chi connectivity index (χ2n) is 3.67. The van der Waals surface area contributed by atoms with Gasteiger partial charge in [-0.25, -0.2) is 0 Å². The average molecular weight is 224 g/mol. The van der Waals surface area contributed by atoms with Crippen LogP contribution in [0.25, 0.3) is 0 Å². The van der Waals surface area contributed by atoms with Crippen LogP contribution < -0.4 is 5.73 Å². The Morgan fingerprint density at radius 3 is 2.56 bits per heavy atom. The lowest BCUT2D eigenvalue weighted by Gasteiger charge is -2.17. The summed E-state index contributed by atoms with van der Waals surface area (Å²) in [5, 5.41) is 4.22. The van der Waals surface area contributed by atoms with Crippen molar-refractivity contribution >= 4 is 11.6 Å². The fourth-order valence-corrected chi connectivity index (χ4v) is 1.61. The van der Waals surface area contributed by atoms with Gasteiger partial charge >= 0.3 is 0 Å². The largest absolute Gasteiger partial charge is 0.396 e. The van der Waals surface area contributed by atoms with E-state index in [2.05, 4.69) is 12.0 Å². The lowest BCUT2D eigenvalue weighted by molar-refractivity contribution is 0.0767. The van der Waals surface area contributed by atoms with Gasteiger partial charge in [0.1, 0.15) is 0 Å². The van der Waals surface area contributed by atoms with E-state index in [4.69, 9.17) is 5.73 Å². The highest BCUT2D eigenvalue weighted by molar-refractivity contribution is 5.97. The van der Waals surface area contributed by atoms with Crippen molar-refractivity contribution in [2.75, 3.05) is 18.8 Å². The van der Waals surface area contributed by atoms with Crippen molar-refractivity contribution in [1.29, 1.82) is 0 Å². The molecule has 0 atom stereocenters. The molecule has 0 spiro atoms. The summed E-state index contributed by atoms with van der Waals surface area (Å²) in [4.78, 5) is 13.7. The molecule has 1 aromatic heterocycles. The van der Waals surface area contributed by atoms with Crippen LogP contribution in [0.4, 0.5) is 5.69 Å². The number of nitrogen functional groups attached to an aromatic ring is 1. The summed E-state index contributed by atoms with van der Waals surface area (Å²) in [6.45, 7) is 8.09. The van der Waals surface area contributed by atoms with E-state index in [1.54, 1.807) is 15.8 Å². The number of carbonyl (C=O) groups is 1. The molecule has 5 heteroatoms. The maximum absolute atomic E-state index is 12.0. The van der Waals surface area contributed by atoms with Crippen LogP contribution in [-0.2, 0) is 6.54 Å². The van der Waals surface area contributed by atoms with Crippen molar-refractivity contribution in [2.24, 2.45) is 0 Å². The Labute approximate surface area is 96.2 Å². The molecule has 1 rings (SSSR count). The maximum Gasteiger partial charge on any atom is 0.276 e. The highest BCUT2D eigenvalue weighted by Gasteiger charge is 2.19. The number of rotatable bonds is 5. The molecule has 90 valence electrons. The summed E-state index contributed by atoms with van der Waals surface area (Å²) < 4.78 is 1.73. The highest BCUT2D eigenvalue weighted by atomic mass is 16.2. The van der Waals surface area contributed by atoms with Crippen LogP contribution in [0.5, 0.6) is 0 Å². The van der Waals surface area contributed by atoms with Crippen molar-refractivity contribution in [3.05, 3.63) is 11.9 Å². The standard InChI is InChI=1S/C11H20N4O/c1-4-7-15-8-9(12)10(13-15)11(16)14(5-2)6-3/h8H,4-7,12H2,1-3H3. The van der Waals surface area contributed by atoms with Gasteiger partial charge in [-0.2, -0.15) is 5.10 Å². The minimum atomic E-state index is -0.0858. The van der Waals surface area contributed by atoms with E-state index in [9.17, 15) is 4.79 Å². The van der Waals surface area contributed by atoms with E-state index in [1.165, 1.54) is 0 Å². The Bertz CT molecular complexity index is 355. The summed E-state index contributed by atoms with van der Waals surface area (Å²) in [6.07, 6.45) is 2.69. The topological polar surface area (TPSA) is 64.2 Å². The lowest BCUT2D eigenvalue weighted by atomic mass is 10.3. The van der Waals surface area contributed by atoms with Gasteiger partial charge in [-0.15, -0.1) is 0 Å². The number of anilines is 1. The van der Waals surface area contributed by atoms with E-state index in [1.807, 2.05) is 13.8 Å². The molecule has 2 N–H and O–H groups in total. The molecule has 0 radical (unpaired) electrons. The quantitative estimate of drug-likeness (QED) is 0.821. The molecule has 5 nitrogen and oxygen atoms in total. The molecule has 0 saturated heterocycles. The molecule has 0 saturated carbocycles. The average Bonchev–Trinajstić information content (AvgIpc) is 2.61. The zero-order chi connectivity index (χ0) is 12.1. The van der Waals surface area contributed by atoms with Gasteiger partial charge < -0.3 is 10.6 Å². The van der Waals surface area contributed by atoms with E-state index >= 15 is 0 Å². The van der Waals surface area contributed by atoms with Gasteiger partial charge in [0.05, 0.1) is 5.69 Å². The van der Waals surface area contributed by atoms with Crippen LogP contribution in [-0.4, -0.2) is 33.7 Å². The third-order valence-electron chi connectivity index (χ3n) is 2.50. The Balaban J connectivity index is 2.90. The van der Waals surface area contributed by atoms with Crippen molar-refractivity contribution < 1.29 is 4.79 Å². The monoisotopic (exact) mass is 224 g/mol. The molecule has 1 amide bonds. The number of aryl methyl sites for hydroxylation is 1. The summed E-state index contributed by atoms with van der Waals surface area (Å²) in [5.41, 5.74) is 6.62. The third-order valence-corrected chi connectivity index (χ3v) is 2.50. The lowest BCUT2D eigenvalue weighted by Crippen LogP contribution is -2.31. The molecule has 1 aromatic rings. The first kappa shape index (κ1) is 12.5. The van der Waals surface area contributed by atoms with E-state index in [-0.39, 0.29) is 5.91 Å². The predicted octanol–water partition coefficient (Wildman–Crippen LogP) is 1.36. The summed E-state index contributed by atoms with van der Waals surface area (Å²) >= 11 is 0. The number of aromatic nitrogens is 2. The molecular weight excluding hydrogens is 204 g/mol. The Hall–Kier alpha value is -1.52. The molecule has 0 unspecified atom stereocenters. The zero-order valence-corrected chi connectivity index (χ0v) is 10.2. The van der Waals surface area contributed by atoms with Crippen LogP contribution in [0, 0.1) is 0 Å². The second-order valence-corrected chi connectivity index (χ2v) is 3.67. The van der Waals surface area contributed by atoms with Crippen LogP contribution in [0.3, 0.4) is 0 Å². The summed E-state index contributed by atoms with van der Waals surface area (Å²) in [7, 11) is 0. The molecule has 0 aliphatic rings. The molecule has 1 heterocycles. The second kappa shape index (κ2) is 5.53. The minimum absolute atomic E-state index is 0.0858. The van der Waals surface area contributed by atoms with Crippen LogP contribution in [0.1, 0.15) is 37.7 Å². The van der Waals surface area contributed by atoms with Gasteiger partial charge in [-0.1, -0.05) is 6.92 Å². The van der Waals surface area contributed by atoms with Gasteiger partial charge in [-0.05, 0) is 20.3 Å². The third kappa shape index (κ3) is 2.53. The van der Waals surface area contributed by atoms with Crippen molar-refractivity contribution in [2.45, 2.75) is 33.7 Å². The van der Waals surface area contributed by atoms with Gasteiger partial charge in [0.2, 0.25) is 0 Å². The zero-order valence-electron chi connectivity index (χ0n) is 10.2. The molecule has 16 heavy (non-hydrogen) atoms. The first-order valence-electron chi connectivity index (χ1n) is 5.76. The molecular formula is C11H20N4O. The van der Waals surface area contributed by atoms with Crippen molar-refractivity contribution in [1.82, 2.24) is 14.7 Å². The number of amides is 1. The number of hydrogen-bond donors (Lipinski definition) is 1. The Morgan fingerprint density at radius 2 is 2.06 bits per heavy atom.